The van der Waals surface area contributed by atoms with Gasteiger partial charge in [-0.3, -0.25) is 4.79 Å². The fourth-order valence-corrected chi connectivity index (χ4v) is 2.71. The van der Waals surface area contributed by atoms with Crippen LogP contribution in [-0.2, 0) is 11.2 Å². The van der Waals surface area contributed by atoms with Crippen LogP contribution in [0.5, 0.6) is 11.5 Å². The van der Waals surface area contributed by atoms with Crippen molar-refractivity contribution in [3.63, 3.8) is 0 Å². The van der Waals surface area contributed by atoms with E-state index >= 15 is 0 Å². The molecule has 1 aliphatic carbocycles. The van der Waals surface area contributed by atoms with E-state index in [9.17, 15) is 4.79 Å². The number of ether oxygens (including phenoxy) is 2. The van der Waals surface area contributed by atoms with Gasteiger partial charge in [-0.2, -0.15) is 0 Å². The van der Waals surface area contributed by atoms with E-state index in [0.717, 1.165) is 18.4 Å². The molecule has 19 heavy (non-hydrogen) atoms. The Morgan fingerprint density at radius 2 is 2.05 bits per heavy atom. The molecule has 0 bridgehead atoms. The maximum atomic E-state index is 11.4. The highest BCUT2D eigenvalue weighted by Crippen LogP contribution is 2.37. The summed E-state index contributed by atoms with van der Waals surface area (Å²) in [7, 11) is 1.59. The molecule has 1 fully saturated rings. The Morgan fingerprint density at radius 1 is 1.37 bits per heavy atom. The lowest BCUT2D eigenvalue weighted by Gasteiger charge is -2.19. The molecular formula is C15H19ClO3. The molecule has 1 aromatic rings. The molecule has 0 heterocycles. The smallest absolute Gasteiger partial charge is 0.165 e. The van der Waals surface area contributed by atoms with E-state index in [-0.39, 0.29) is 11.9 Å². The Balaban J connectivity index is 2.32. The van der Waals surface area contributed by atoms with Crippen molar-refractivity contribution in [1.82, 2.24) is 0 Å². The number of hydrogen-bond donors (Lipinski definition) is 0. The minimum Gasteiger partial charge on any atom is -0.493 e. The van der Waals surface area contributed by atoms with Gasteiger partial charge in [0.05, 0.1) is 13.2 Å². The zero-order chi connectivity index (χ0) is 13.8. The van der Waals surface area contributed by atoms with Crippen LogP contribution in [0.4, 0.5) is 0 Å². The molecule has 1 aromatic carbocycles. The lowest BCUT2D eigenvalue weighted by atomic mass is 10.1. The average molecular weight is 283 g/mol. The Kier molecular flexibility index (Phi) is 4.70. The first-order chi connectivity index (χ1) is 9.10. The Bertz CT molecular complexity index is 465. The predicted octanol–water partition coefficient (Wildman–Crippen LogP) is 3.80. The van der Waals surface area contributed by atoms with Gasteiger partial charge in [0.1, 0.15) is 5.78 Å². The number of carbonyl (C=O) groups is 1. The molecular weight excluding hydrogens is 264 g/mol. The van der Waals surface area contributed by atoms with Crippen LogP contribution in [-0.4, -0.2) is 19.0 Å². The van der Waals surface area contributed by atoms with E-state index in [2.05, 4.69) is 0 Å². The molecule has 0 radical (unpaired) electrons. The van der Waals surface area contributed by atoms with Crippen molar-refractivity contribution in [2.45, 2.75) is 45.1 Å². The van der Waals surface area contributed by atoms with Gasteiger partial charge in [0, 0.05) is 23.1 Å². The van der Waals surface area contributed by atoms with Crippen LogP contribution in [0.1, 0.15) is 38.2 Å². The van der Waals surface area contributed by atoms with E-state index in [1.807, 2.05) is 0 Å². The normalized spacial score (nSPS) is 15.5. The van der Waals surface area contributed by atoms with Crippen molar-refractivity contribution in [1.29, 1.82) is 0 Å². The van der Waals surface area contributed by atoms with Crippen molar-refractivity contribution >= 4 is 17.4 Å². The van der Waals surface area contributed by atoms with Crippen molar-refractivity contribution < 1.29 is 14.3 Å². The summed E-state index contributed by atoms with van der Waals surface area (Å²) in [5.41, 5.74) is 0.809. The summed E-state index contributed by atoms with van der Waals surface area (Å²) in [6.07, 6.45) is 5.06. The molecule has 0 aliphatic heterocycles. The van der Waals surface area contributed by atoms with Gasteiger partial charge >= 0.3 is 0 Å². The molecule has 4 heteroatoms. The van der Waals surface area contributed by atoms with Crippen LogP contribution in [0.2, 0.25) is 5.02 Å². The third-order valence-electron chi connectivity index (χ3n) is 3.34. The molecule has 0 atom stereocenters. The number of Topliss-reactive ketones (excluding diaryl/α,β-unsaturated/α-hetero) is 1. The highest BCUT2D eigenvalue weighted by molar-refractivity contribution is 6.30. The standard InChI is InChI=1S/C15H19ClO3/c1-10(17)7-11-8-12(16)9-14(18-2)15(11)19-13-5-3-4-6-13/h8-9,13H,3-7H2,1-2H3. The molecule has 1 saturated carbocycles. The van der Waals surface area contributed by atoms with Gasteiger partial charge in [-0.25, -0.2) is 0 Å². The summed E-state index contributed by atoms with van der Waals surface area (Å²) in [5.74, 6) is 1.37. The van der Waals surface area contributed by atoms with Crippen LogP contribution in [0, 0.1) is 0 Å². The molecule has 0 saturated heterocycles. The molecule has 1 aliphatic rings. The van der Waals surface area contributed by atoms with Crippen LogP contribution >= 0.6 is 11.6 Å². The van der Waals surface area contributed by atoms with Crippen LogP contribution in [0.15, 0.2) is 12.1 Å². The number of benzene rings is 1. The maximum Gasteiger partial charge on any atom is 0.165 e. The van der Waals surface area contributed by atoms with Gasteiger partial charge in [-0.05, 0) is 38.7 Å². The number of carbonyl (C=O) groups excluding carboxylic acids is 1. The third kappa shape index (κ3) is 3.63. The Morgan fingerprint density at radius 3 is 2.63 bits per heavy atom. The lowest BCUT2D eigenvalue weighted by molar-refractivity contribution is -0.116. The molecule has 0 spiro atoms. The largest absolute Gasteiger partial charge is 0.493 e. The minimum absolute atomic E-state index is 0.0839. The molecule has 0 unspecified atom stereocenters. The zero-order valence-electron chi connectivity index (χ0n) is 11.4. The predicted molar refractivity (Wildman–Crippen MR) is 75.3 cm³/mol. The van der Waals surface area contributed by atoms with E-state index < -0.39 is 0 Å². The molecule has 3 nitrogen and oxygen atoms in total. The van der Waals surface area contributed by atoms with Gasteiger partial charge in [-0.15, -0.1) is 0 Å². The molecule has 0 N–H and O–H groups in total. The van der Waals surface area contributed by atoms with Gasteiger partial charge in [-0.1, -0.05) is 11.6 Å². The van der Waals surface area contributed by atoms with Crippen molar-refractivity contribution in [2.75, 3.05) is 7.11 Å². The summed E-state index contributed by atoms with van der Waals surface area (Å²) >= 11 is 6.05. The van der Waals surface area contributed by atoms with Crippen molar-refractivity contribution in [3.8, 4) is 11.5 Å². The second-order valence-electron chi connectivity index (χ2n) is 5.00. The van der Waals surface area contributed by atoms with Crippen LogP contribution < -0.4 is 9.47 Å². The summed E-state index contributed by atoms with van der Waals surface area (Å²) in [5, 5.41) is 0.562. The van der Waals surface area contributed by atoms with Crippen molar-refractivity contribution in [2.24, 2.45) is 0 Å². The third-order valence-corrected chi connectivity index (χ3v) is 3.56. The van der Waals surface area contributed by atoms with Crippen LogP contribution in [0.25, 0.3) is 0 Å². The summed E-state index contributed by atoms with van der Waals surface area (Å²) in [6.45, 7) is 1.56. The van der Waals surface area contributed by atoms with Gasteiger partial charge in [0.25, 0.3) is 0 Å². The van der Waals surface area contributed by atoms with E-state index in [1.54, 1.807) is 26.2 Å². The highest BCUT2D eigenvalue weighted by Gasteiger charge is 2.21. The second-order valence-corrected chi connectivity index (χ2v) is 5.44. The summed E-state index contributed by atoms with van der Waals surface area (Å²) in [6, 6.07) is 3.52. The minimum atomic E-state index is 0.0839. The number of methoxy groups -OCH3 is 1. The highest BCUT2D eigenvalue weighted by atomic mass is 35.5. The fraction of sp³-hybridized carbons (Fsp3) is 0.533. The Hall–Kier alpha value is -1.22. The van der Waals surface area contributed by atoms with Gasteiger partial charge in [0.15, 0.2) is 11.5 Å². The SMILES string of the molecule is COc1cc(Cl)cc(CC(C)=O)c1OC1CCCC1. The Labute approximate surface area is 118 Å². The second kappa shape index (κ2) is 6.29. The average Bonchev–Trinajstić information content (AvgIpc) is 2.84. The zero-order valence-corrected chi connectivity index (χ0v) is 12.1. The molecule has 104 valence electrons. The fourth-order valence-electron chi connectivity index (χ4n) is 2.48. The number of rotatable bonds is 5. The number of halogens is 1. The summed E-state index contributed by atoms with van der Waals surface area (Å²) in [4.78, 5) is 11.4. The number of ketones is 1. The van der Waals surface area contributed by atoms with Crippen molar-refractivity contribution in [3.05, 3.63) is 22.7 Å². The van der Waals surface area contributed by atoms with E-state index in [1.165, 1.54) is 12.8 Å². The molecule has 0 aromatic heterocycles. The summed E-state index contributed by atoms with van der Waals surface area (Å²) < 4.78 is 11.4. The van der Waals surface area contributed by atoms with E-state index in [0.29, 0.717) is 22.9 Å². The quantitative estimate of drug-likeness (QED) is 0.824. The van der Waals surface area contributed by atoms with Crippen LogP contribution in [0.3, 0.4) is 0 Å². The number of hydrogen-bond acceptors (Lipinski definition) is 3. The van der Waals surface area contributed by atoms with Gasteiger partial charge in [0.2, 0.25) is 0 Å². The first-order valence-electron chi connectivity index (χ1n) is 6.62. The molecule has 0 amide bonds. The monoisotopic (exact) mass is 282 g/mol. The lowest BCUT2D eigenvalue weighted by Crippen LogP contribution is -2.14. The maximum absolute atomic E-state index is 11.4. The first kappa shape index (κ1) is 14.2. The van der Waals surface area contributed by atoms with E-state index in [4.69, 9.17) is 21.1 Å². The van der Waals surface area contributed by atoms with Gasteiger partial charge < -0.3 is 9.47 Å². The first-order valence-corrected chi connectivity index (χ1v) is 7.00. The topological polar surface area (TPSA) is 35.5 Å². The molecule has 2 rings (SSSR count).